The van der Waals surface area contributed by atoms with Crippen LogP contribution in [0.1, 0.15) is 24.1 Å². The van der Waals surface area contributed by atoms with Crippen molar-refractivity contribution in [1.82, 2.24) is 15.1 Å². The van der Waals surface area contributed by atoms with E-state index < -0.39 is 21.3 Å². The SMILES string of the molecule is C#C[C@]1(NC(=O)C2CCc3c(-c4ccccc4Cl)nn(-c4ccc(F)cc4)c3C2)CCS(=O)(=O)C1. The lowest BCUT2D eigenvalue weighted by Crippen LogP contribution is -2.51. The summed E-state index contributed by atoms with van der Waals surface area (Å²) in [6.07, 6.45) is 7.37. The van der Waals surface area contributed by atoms with Gasteiger partial charge in [0.2, 0.25) is 5.91 Å². The first-order chi connectivity index (χ1) is 16.7. The number of sulfone groups is 1. The van der Waals surface area contributed by atoms with Gasteiger partial charge in [-0.15, -0.1) is 6.42 Å². The van der Waals surface area contributed by atoms with E-state index >= 15 is 0 Å². The lowest BCUT2D eigenvalue weighted by Gasteiger charge is -2.28. The van der Waals surface area contributed by atoms with Gasteiger partial charge in [-0.2, -0.15) is 5.10 Å². The molecule has 1 N–H and O–H groups in total. The Bertz CT molecular complexity index is 1460. The number of amides is 1. The normalized spacial score (nSPS) is 22.8. The summed E-state index contributed by atoms with van der Waals surface area (Å²) in [6, 6.07) is 13.4. The molecule has 1 aliphatic heterocycles. The summed E-state index contributed by atoms with van der Waals surface area (Å²) in [4.78, 5) is 13.3. The number of carbonyl (C=O) groups excluding carboxylic acids is 1. The first-order valence-corrected chi connectivity index (χ1v) is 13.5. The third-order valence-corrected chi connectivity index (χ3v) is 8.88. The second-order valence-corrected chi connectivity index (χ2v) is 11.7. The van der Waals surface area contributed by atoms with Crippen molar-refractivity contribution < 1.29 is 17.6 Å². The molecule has 2 aromatic carbocycles. The summed E-state index contributed by atoms with van der Waals surface area (Å²) >= 11 is 6.48. The van der Waals surface area contributed by atoms with Gasteiger partial charge in [0, 0.05) is 29.2 Å². The number of rotatable bonds is 4. The van der Waals surface area contributed by atoms with Crippen LogP contribution >= 0.6 is 11.6 Å². The fourth-order valence-electron chi connectivity index (χ4n) is 4.94. The smallest absolute Gasteiger partial charge is 0.224 e. The lowest BCUT2D eigenvalue weighted by atomic mass is 9.84. The summed E-state index contributed by atoms with van der Waals surface area (Å²) in [5.41, 5.74) is 2.85. The molecule has 5 rings (SSSR count). The van der Waals surface area contributed by atoms with Crippen LogP contribution in [0.2, 0.25) is 5.02 Å². The second-order valence-electron chi connectivity index (χ2n) is 9.14. The largest absolute Gasteiger partial charge is 0.339 e. The number of aromatic nitrogens is 2. The number of benzene rings is 2. The van der Waals surface area contributed by atoms with Crippen LogP contribution in [0.25, 0.3) is 16.9 Å². The Morgan fingerprint density at radius 2 is 1.97 bits per heavy atom. The maximum absolute atomic E-state index is 13.6. The van der Waals surface area contributed by atoms with Crippen LogP contribution in [0.4, 0.5) is 4.39 Å². The molecular formula is C26H23ClFN3O3S. The molecule has 1 fully saturated rings. The lowest BCUT2D eigenvalue weighted by molar-refractivity contribution is -0.126. The van der Waals surface area contributed by atoms with E-state index in [-0.39, 0.29) is 29.7 Å². The highest BCUT2D eigenvalue weighted by Crippen LogP contribution is 2.38. The molecule has 6 nitrogen and oxygen atoms in total. The molecule has 0 radical (unpaired) electrons. The van der Waals surface area contributed by atoms with Gasteiger partial charge in [-0.3, -0.25) is 4.79 Å². The van der Waals surface area contributed by atoms with Crippen LogP contribution in [0.3, 0.4) is 0 Å². The van der Waals surface area contributed by atoms with Crippen LogP contribution in [0.5, 0.6) is 0 Å². The first-order valence-electron chi connectivity index (χ1n) is 11.3. The molecule has 1 unspecified atom stereocenters. The molecular weight excluding hydrogens is 489 g/mol. The Balaban J connectivity index is 1.51. The maximum atomic E-state index is 13.6. The van der Waals surface area contributed by atoms with Gasteiger partial charge >= 0.3 is 0 Å². The molecule has 1 amide bonds. The van der Waals surface area contributed by atoms with Crippen molar-refractivity contribution in [3.63, 3.8) is 0 Å². The van der Waals surface area contributed by atoms with Crippen LogP contribution in [-0.2, 0) is 27.5 Å². The molecule has 2 atom stereocenters. The van der Waals surface area contributed by atoms with Gasteiger partial charge in [0.15, 0.2) is 9.84 Å². The predicted octanol–water partition coefficient (Wildman–Crippen LogP) is 3.74. The van der Waals surface area contributed by atoms with E-state index in [0.717, 1.165) is 22.5 Å². The summed E-state index contributed by atoms with van der Waals surface area (Å²) in [6.45, 7) is 0. The van der Waals surface area contributed by atoms with Crippen molar-refractivity contribution in [3.05, 3.63) is 70.6 Å². The number of nitrogens with zero attached hydrogens (tertiary/aromatic N) is 2. The quantitative estimate of drug-likeness (QED) is 0.541. The van der Waals surface area contributed by atoms with Crippen LogP contribution in [-0.4, -0.2) is 41.2 Å². The molecule has 9 heteroatoms. The van der Waals surface area contributed by atoms with E-state index in [9.17, 15) is 17.6 Å². The number of fused-ring (bicyclic) bond motifs is 1. The van der Waals surface area contributed by atoms with Crippen molar-refractivity contribution in [2.75, 3.05) is 11.5 Å². The molecule has 1 aromatic heterocycles. The van der Waals surface area contributed by atoms with E-state index in [1.807, 2.05) is 18.2 Å². The number of halogens is 2. The number of carbonyl (C=O) groups is 1. The van der Waals surface area contributed by atoms with Gasteiger partial charge in [0.25, 0.3) is 0 Å². The average molecular weight is 512 g/mol. The van der Waals surface area contributed by atoms with Gasteiger partial charge in [0.1, 0.15) is 11.4 Å². The zero-order valence-corrected chi connectivity index (χ0v) is 20.4. The molecule has 2 aliphatic rings. The Morgan fingerprint density at radius 1 is 1.23 bits per heavy atom. The summed E-state index contributed by atoms with van der Waals surface area (Å²) in [5, 5.41) is 8.26. The molecule has 1 saturated heterocycles. The Morgan fingerprint density at radius 3 is 2.63 bits per heavy atom. The van der Waals surface area contributed by atoms with Crippen LogP contribution in [0.15, 0.2) is 48.5 Å². The zero-order valence-electron chi connectivity index (χ0n) is 18.8. The molecule has 35 heavy (non-hydrogen) atoms. The van der Waals surface area contributed by atoms with E-state index in [1.54, 1.807) is 22.9 Å². The molecule has 0 spiro atoms. The van der Waals surface area contributed by atoms with Gasteiger partial charge in [-0.1, -0.05) is 35.7 Å². The minimum absolute atomic E-state index is 0.0369. The van der Waals surface area contributed by atoms with Gasteiger partial charge in [0.05, 0.1) is 27.9 Å². The first kappa shape index (κ1) is 23.6. The highest BCUT2D eigenvalue weighted by atomic mass is 35.5. The number of nitrogens with one attached hydrogen (secondary N) is 1. The molecule has 180 valence electrons. The van der Waals surface area contributed by atoms with Crippen molar-refractivity contribution >= 4 is 27.3 Å². The van der Waals surface area contributed by atoms with E-state index in [2.05, 4.69) is 11.2 Å². The minimum Gasteiger partial charge on any atom is -0.339 e. The third kappa shape index (κ3) is 4.46. The highest BCUT2D eigenvalue weighted by molar-refractivity contribution is 7.91. The van der Waals surface area contributed by atoms with Crippen molar-refractivity contribution in [2.45, 2.75) is 31.2 Å². The van der Waals surface area contributed by atoms with Gasteiger partial charge in [-0.05, 0) is 49.6 Å². The van der Waals surface area contributed by atoms with E-state index in [0.29, 0.717) is 30.0 Å². The van der Waals surface area contributed by atoms with E-state index in [1.165, 1.54) is 12.1 Å². The molecule has 0 saturated carbocycles. The van der Waals surface area contributed by atoms with Crippen molar-refractivity contribution in [1.29, 1.82) is 0 Å². The topological polar surface area (TPSA) is 81.1 Å². The molecule has 3 aromatic rings. The zero-order chi connectivity index (χ0) is 24.8. The Hall–Kier alpha value is -3.15. The standard InChI is InChI=1S/C26H23ClFN3O3S/c1-2-26(13-14-35(33,34)16-26)29-25(32)17-7-12-21-23(15-17)31(19-10-8-18(28)9-11-19)30-24(21)20-5-3-4-6-22(20)27/h1,3-6,8-11,17H,7,12-16H2,(H,29,32)/t17?,26-/m0/s1. The fourth-order valence-corrected chi connectivity index (χ4v) is 7.02. The summed E-state index contributed by atoms with van der Waals surface area (Å²) < 4.78 is 39.4. The highest BCUT2D eigenvalue weighted by Gasteiger charge is 2.43. The molecule has 2 heterocycles. The van der Waals surface area contributed by atoms with Gasteiger partial charge < -0.3 is 5.32 Å². The number of hydrogen-bond donors (Lipinski definition) is 1. The molecule has 1 aliphatic carbocycles. The minimum atomic E-state index is -3.28. The average Bonchev–Trinajstić information content (AvgIpc) is 3.37. The number of terminal acetylenes is 1. The number of hydrogen-bond acceptors (Lipinski definition) is 4. The summed E-state index contributed by atoms with van der Waals surface area (Å²) in [5.74, 6) is 1.20. The second kappa shape index (κ2) is 8.81. The van der Waals surface area contributed by atoms with E-state index in [4.69, 9.17) is 23.1 Å². The third-order valence-electron chi connectivity index (χ3n) is 6.79. The van der Waals surface area contributed by atoms with Crippen molar-refractivity contribution in [2.24, 2.45) is 5.92 Å². The van der Waals surface area contributed by atoms with Crippen LogP contribution in [0, 0.1) is 24.1 Å². The maximum Gasteiger partial charge on any atom is 0.224 e. The van der Waals surface area contributed by atoms with Crippen molar-refractivity contribution in [3.8, 4) is 29.3 Å². The fraction of sp³-hybridized carbons (Fsp3) is 0.308. The Labute approximate surface area is 208 Å². The van der Waals surface area contributed by atoms with Gasteiger partial charge in [-0.25, -0.2) is 17.5 Å². The predicted molar refractivity (Wildman–Crippen MR) is 132 cm³/mol. The molecule has 0 bridgehead atoms. The monoisotopic (exact) mass is 511 g/mol. The van der Waals surface area contributed by atoms with Crippen LogP contribution < -0.4 is 5.32 Å². The Kier molecular flexibility index (Phi) is 5.94. The summed E-state index contributed by atoms with van der Waals surface area (Å²) in [7, 11) is -3.28.